The van der Waals surface area contributed by atoms with Gasteiger partial charge in [-0.1, -0.05) is 36.4 Å². The van der Waals surface area contributed by atoms with Crippen molar-refractivity contribution in [3.8, 4) is 5.75 Å². The molecule has 1 atom stereocenters. The zero-order chi connectivity index (χ0) is 14.5. The molecule has 0 aliphatic heterocycles. The zero-order valence-corrected chi connectivity index (χ0v) is 12.1. The number of benzene rings is 2. The fourth-order valence-corrected chi connectivity index (χ4v) is 2.46. The Morgan fingerprint density at radius 2 is 1.90 bits per heavy atom. The molecule has 0 saturated heterocycles. The molecule has 0 fully saturated rings. The lowest BCUT2D eigenvalue weighted by molar-refractivity contribution is 0.197. The Hall–Kier alpha value is -2.26. The van der Waals surface area contributed by atoms with Gasteiger partial charge in [-0.2, -0.15) is 0 Å². The lowest BCUT2D eigenvalue weighted by Crippen LogP contribution is -2.16. The summed E-state index contributed by atoms with van der Waals surface area (Å²) in [6.45, 7) is 0.904. The Kier molecular flexibility index (Phi) is 4.22. The number of hydrogen-bond acceptors (Lipinski definition) is 3. The SMILES string of the molecule is CNCC[C@@H](Oc1cccc2occc12)c1ccccc1. The third kappa shape index (κ3) is 3.09. The van der Waals surface area contributed by atoms with Crippen LogP contribution in [0.5, 0.6) is 5.75 Å². The normalized spacial score (nSPS) is 12.4. The molecule has 1 aromatic heterocycles. The van der Waals surface area contributed by atoms with Crippen LogP contribution >= 0.6 is 0 Å². The molecular weight excluding hydrogens is 262 g/mol. The first kappa shape index (κ1) is 13.7. The molecule has 1 heterocycles. The highest BCUT2D eigenvalue weighted by Gasteiger charge is 2.14. The maximum atomic E-state index is 6.27. The van der Waals surface area contributed by atoms with Crippen LogP contribution in [0.2, 0.25) is 0 Å². The van der Waals surface area contributed by atoms with E-state index in [2.05, 4.69) is 17.4 Å². The van der Waals surface area contributed by atoms with Crippen molar-refractivity contribution in [1.82, 2.24) is 5.32 Å². The second-order valence-corrected chi connectivity index (χ2v) is 5.00. The van der Waals surface area contributed by atoms with Crippen LogP contribution in [0.1, 0.15) is 18.1 Å². The van der Waals surface area contributed by atoms with Crippen LogP contribution in [0.25, 0.3) is 11.0 Å². The summed E-state index contributed by atoms with van der Waals surface area (Å²) in [5, 5.41) is 4.20. The first-order valence-corrected chi connectivity index (χ1v) is 7.21. The summed E-state index contributed by atoms with van der Waals surface area (Å²) in [6.07, 6.45) is 2.64. The van der Waals surface area contributed by atoms with Gasteiger partial charge in [0.25, 0.3) is 0 Å². The molecule has 0 radical (unpaired) electrons. The lowest BCUT2D eigenvalue weighted by atomic mass is 10.1. The van der Waals surface area contributed by atoms with E-state index in [9.17, 15) is 0 Å². The Bertz CT molecular complexity index is 691. The van der Waals surface area contributed by atoms with E-state index >= 15 is 0 Å². The van der Waals surface area contributed by atoms with Gasteiger partial charge in [0.1, 0.15) is 17.4 Å². The van der Waals surface area contributed by atoms with Crippen molar-refractivity contribution < 1.29 is 9.15 Å². The fraction of sp³-hybridized carbons (Fsp3) is 0.222. The van der Waals surface area contributed by atoms with E-state index in [1.165, 1.54) is 5.56 Å². The van der Waals surface area contributed by atoms with E-state index in [0.717, 1.165) is 29.7 Å². The number of hydrogen-bond donors (Lipinski definition) is 1. The van der Waals surface area contributed by atoms with Gasteiger partial charge in [-0.15, -0.1) is 0 Å². The second-order valence-electron chi connectivity index (χ2n) is 5.00. The number of fused-ring (bicyclic) bond motifs is 1. The average Bonchev–Trinajstić information content (AvgIpc) is 3.01. The van der Waals surface area contributed by atoms with Crippen molar-refractivity contribution in [2.75, 3.05) is 13.6 Å². The molecular formula is C18H19NO2. The number of ether oxygens (including phenoxy) is 1. The molecule has 0 bridgehead atoms. The van der Waals surface area contributed by atoms with Gasteiger partial charge in [0.05, 0.1) is 11.6 Å². The van der Waals surface area contributed by atoms with Gasteiger partial charge in [-0.3, -0.25) is 0 Å². The molecule has 1 N–H and O–H groups in total. The number of nitrogens with one attached hydrogen (secondary N) is 1. The van der Waals surface area contributed by atoms with Crippen LogP contribution in [0.3, 0.4) is 0 Å². The van der Waals surface area contributed by atoms with Crippen molar-refractivity contribution in [2.24, 2.45) is 0 Å². The van der Waals surface area contributed by atoms with Gasteiger partial charge in [-0.05, 0) is 37.4 Å². The second kappa shape index (κ2) is 6.46. The topological polar surface area (TPSA) is 34.4 Å². The Morgan fingerprint density at radius 1 is 1.05 bits per heavy atom. The summed E-state index contributed by atoms with van der Waals surface area (Å²) in [5.41, 5.74) is 2.04. The van der Waals surface area contributed by atoms with Crippen LogP contribution in [0, 0.1) is 0 Å². The van der Waals surface area contributed by atoms with E-state index in [-0.39, 0.29) is 6.10 Å². The molecule has 108 valence electrons. The average molecular weight is 281 g/mol. The van der Waals surface area contributed by atoms with Crippen molar-refractivity contribution in [2.45, 2.75) is 12.5 Å². The summed E-state index contributed by atoms with van der Waals surface area (Å²) in [4.78, 5) is 0. The van der Waals surface area contributed by atoms with Gasteiger partial charge in [0.2, 0.25) is 0 Å². The first-order chi connectivity index (χ1) is 10.4. The van der Waals surface area contributed by atoms with E-state index in [1.54, 1.807) is 6.26 Å². The van der Waals surface area contributed by atoms with Crippen molar-refractivity contribution >= 4 is 11.0 Å². The van der Waals surface area contributed by atoms with E-state index in [1.807, 2.05) is 49.5 Å². The molecule has 0 spiro atoms. The molecule has 3 heteroatoms. The van der Waals surface area contributed by atoms with Gasteiger partial charge in [0, 0.05) is 6.42 Å². The number of rotatable bonds is 6. The van der Waals surface area contributed by atoms with Gasteiger partial charge in [0.15, 0.2) is 0 Å². The van der Waals surface area contributed by atoms with Gasteiger partial charge >= 0.3 is 0 Å². The van der Waals surface area contributed by atoms with Crippen LogP contribution in [0.15, 0.2) is 65.3 Å². The Morgan fingerprint density at radius 3 is 2.71 bits per heavy atom. The standard InChI is InChI=1S/C18H19NO2/c1-19-12-10-16(14-6-3-2-4-7-14)21-18-9-5-8-17-15(18)11-13-20-17/h2-9,11,13,16,19H,10,12H2,1H3/t16-/m1/s1. The predicted octanol–water partition coefficient (Wildman–Crippen LogP) is 4.16. The molecule has 3 nitrogen and oxygen atoms in total. The molecule has 0 amide bonds. The lowest BCUT2D eigenvalue weighted by Gasteiger charge is -2.20. The van der Waals surface area contributed by atoms with Crippen molar-refractivity contribution in [3.63, 3.8) is 0 Å². The van der Waals surface area contributed by atoms with Crippen molar-refractivity contribution in [1.29, 1.82) is 0 Å². The third-order valence-corrected chi connectivity index (χ3v) is 3.55. The first-order valence-electron chi connectivity index (χ1n) is 7.21. The van der Waals surface area contributed by atoms with Gasteiger partial charge < -0.3 is 14.5 Å². The molecule has 0 aliphatic rings. The molecule has 21 heavy (non-hydrogen) atoms. The molecule has 2 aromatic carbocycles. The minimum absolute atomic E-state index is 0.0270. The predicted molar refractivity (Wildman–Crippen MR) is 84.6 cm³/mol. The quantitative estimate of drug-likeness (QED) is 0.736. The highest BCUT2D eigenvalue weighted by molar-refractivity contribution is 5.83. The molecule has 3 rings (SSSR count). The highest BCUT2D eigenvalue weighted by Crippen LogP contribution is 2.31. The Balaban J connectivity index is 1.89. The van der Waals surface area contributed by atoms with Crippen molar-refractivity contribution in [3.05, 3.63) is 66.4 Å². The van der Waals surface area contributed by atoms with Crippen LogP contribution < -0.4 is 10.1 Å². The number of furan rings is 1. The minimum atomic E-state index is 0.0270. The van der Waals surface area contributed by atoms with E-state index in [4.69, 9.17) is 9.15 Å². The van der Waals surface area contributed by atoms with E-state index in [0.29, 0.717) is 0 Å². The van der Waals surface area contributed by atoms with Crippen LogP contribution in [-0.4, -0.2) is 13.6 Å². The summed E-state index contributed by atoms with van der Waals surface area (Å²) < 4.78 is 11.7. The Labute approximate surface area is 124 Å². The largest absolute Gasteiger partial charge is 0.485 e. The van der Waals surface area contributed by atoms with E-state index < -0.39 is 0 Å². The zero-order valence-electron chi connectivity index (χ0n) is 12.1. The maximum Gasteiger partial charge on any atom is 0.137 e. The molecule has 0 saturated carbocycles. The smallest absolute Gasteiger partial charge is 0.137 e. The summed E-state index contributed by atoms with van der Waals surface area (Å²) in [7, 11) is 1.96. The highest BCUT2D eigenvalue weighted by atomic mass is 16.5. The fourth-order valence-electron chi connectivity index (χ4n) is 2.46. The van der Waals surface area contributed by atoms with Gasteiger partial charge in [-0.25, -0.2) is 0 Å². The summed E-state index contributed by atoms with van der Waals surface area (Å²) >= 11 is 0. The summed E-state index contributed by atoms with van der Waals surface area (Å²) in [6, 6.07) is 18.2. The third-order valence-electron chi connectivity index (χ3n) is 3.55. The molecule has 3 aromatic rings. The molecule has 0 unspecified atom stereocenters. The van der Waals surface area contributed by atoms with Crippen LogP contribution in [-0.2, 0) is 0 Å². The maximum absolute atomic E-state index is 6.27. The summed E-state index contributed by atoms with van der Waals surface area (Å²) in [5.74, 6) is 0.867. The minimum Gasteiger partial charge on any atom is -0.485 e. The monoisotopic (exact) mass is 281 g/mol. The molecule has 0 aliphatic carbocycles. The van der Waals surface area contributed by atoms with Crippen LogP contribution in [0.4, 0.5) is 0 Å².